The first-order valence-corrected chi connectivity index (χ1v) is 10.3. The van der Waals surface area contributed by atoms with Gasteiger partial charge >= 0.3 is 0 Å². The van der Waals surface area contributed by atoms with Crippen molar-refractivity contribution in [3.05, 3.63) is 53.6 Å². The minimum absolute atomic E-state index is 0.0173. The lowest BCUT2D eigenvalue weighted by atomic mass is 9.95. The van der Waals surface area contributed by atoms with E-state index in [4.69, 9.17) is 9.47 Å². The van der Waals surface area contributed by atoms with E-state index in [1.807, 2.05) is 6.07 Å². The first-order chi connectivity index (χ1) is 14.9. The monoisotopic (exact) mass is 423 g/mol. The molecule has 1 aromatic heterocycles. The number of hydrogen-bond acceptors (Lipinski definition) is 6. The number of carbonyl (C=O) groups excluding carboxylic acids is 1. The van der Waals surface area contributed by atoms with Crippen LogP contribution in [0.1, 0.15) is 37.9 Å². The number of benzene rings is 2. The Morgan fingerprint density at radius 3 is 2.39 bits per heavy atom. The fraction of sp³-hybridized carbons (Fsp3) is 0.391. The SMILES string of the molecule is CCc1ccc([C@H](NC(=O)Cn2nnc(-c3ccc(OC)c(OC)c3)n2)C(C)C)cc1. The van der Waals surface area contributed by atoms with E-state index >= 15 is 0 Å². The second-order valence-electron chi connectivity index (χ2n) is 7.60. The molecule has 0 saturated carbocycles. The first-order valence-electron chi connectivity index (χ1n) is 10.3. The van der Waals surface area contributed by atoms with Crippen LogP contribution in [0.3, 0.4) is 0 Å². The van der Waals surface area contributed by atoms with Crippen LogP contribution in [0, 0.1) is 5.92 Å². The van der Waals surface area contributed by atoms with Gasteiger partial charge in [0.05, 0.1) is 20.3 Å². The molecule has 0 radical (unpaired) electrons. The van der Waals surface area contributed by atoms with Crippen molar-refractivity contribution < 1.29 is 14.3 Å². The van der Waals surface area contributed by atoms with Gasteiger partial charge in [-0.25, -0.2) is 0 Å². The van der Waals surface area contributed by atoms with E-state index in [0.29, 0.717) is 17.3 Å². The summed E-state index contributed by atoms with van der Waals surface area (Å²) in [5.74, 6) is 1.66. The van der Waals surface area contributed by atoms with E-state index in [1.54, 1.807) is 26.4 Å². The molecule has 1 heterocycles. The number of ether oxygens (including phenoxy) is 2. The van der Waals surface area contributed by atoms with Gasteiger partial charge in [-0.3, -0.25) is 4.79 Å². The molecule has 164 valence electrons. The highest BCUT2D eigenvalue weighted by Crippen LogP contribution is 2.30. The number of rotatable bonds is 9. The van der Waals surface area contributed by atoms with E-state index < -0.39 is 0 Å². The van der Waals surface area contributed by atoms with E-state index in [1.165, 1.54) is 10.4 Å². The summed E-state index contributed by atoms with van der Waals surface area (Å²) < 4.78 is 10.6. The third-order valence-corrected chi connectivity index (χ3v) is 5.11. The molecule has 8 nitrogen and oxygen atoms in total. The molecule has 1 amide bonds. The van der Waals surface area contributed by atoms with Crippen LogP contribution in [0.2, 0.25) is 0 Å². The van der Waals surface area contributed by atoms with Gasteiger partial charge in [-0.2, -0.15) is 4.80 Å². The van der Waals surface area contributed by atoms with Crippen LogP contribution in [-0.4, -0.2) is 40.3 Å². The summed E-state index contributed by atoms with van der Waals surface area (Å²) in [4.78, 5) is 14.0. The molecule has 8 heteroatoms. The van der Waals surface area contributed by atoms with Gasteiger partial charge in [0.2, 0.25) is 11.7 Å². The summed E-state index contributed by atoms with van der Waals surface area (Å²) in [7, 11) is 3.14. The van der Waals surface area contributed by atoms with Gasteiger partial charge in [-0.1, -0.05) is 45.0 Å². The molecule has 3 rings (SSSR count). The molecule has 0 aliphatic rings. The maximum Gasteiger partial charge on any atom is 0.244 e. The predicted octanol–water partition coefficient (Wildman–Crippen LogP) is 3.43. The number of aryl methyl sites for hydroxylation is 1. The second-order valence-corrected chi connectivity index (χ2v) is 7.60. The van der Waals surface area contributed by atoms with Gasteiger partial charge in [0.15, 0.2) is 11.5 Å². The molecular formula is C23H29N5O3. The zero-order valence-corrected chi connectivity index (χ0v) is 18.6. The Kier molecular flexibility index (Phi) is 7.23. The number of aromatic nitrogens is 4. The third-order valence-electron chi connectivity index (χ3n) is 5.11. The van der Waals surface area contributed by atoms with Crippen LogP contribution in [0.4, 0.5) is 0 Å². The summed E-state index contributed by atoms with van der Waals surface area (Å²) in [5.41, 5.74) is 3.07. The molecule has 1 atom stereocenters. The van der Waals surface area contributed by atoms with Crippen LogP contribution >= 0.6 is 0 Å². The number of tetrazole rings is 1. The molecule has 0 unspecified atom stereocenters. The van der Waals surface area contributed by atoms with Gasteiger partial charge in [0.25, 0.3) is 0 Å². The molecule has 0 saturated heterocycles. The zero-order valence-electron chi connectivity index (χ0n) is 18.6. The number of nitrogens with zero attached hydrogens (tertiary/aromatic N) is 4. The van der Waals surface area contributed by atoms with Crippen molar-refractivity contribution in [1.29, 1.82) is 0 Å². The minimum atomic E-state index is -0.172. The summed E-state index contributed by atoms with van der Waals surface area (Å²) >= 11 is 0. The Bertz CT molecular complexity index is 1010. The fourth-order valence-corrected chi connectivity index (χ4v) is 3.34. The summed E-state index contributed by atoms with van der Waals surface area (Å²) in [6.45, 7) is 6.28. The smallest absolute Gasteiger partial charge is 0.244 e. The Morgan fingerprint density at radius 2 is 1.77 bits per heavy atom. The van der Waals surface area contributed by atoms with E-state index in [9.17, 15) is 4.79 Å². The van der Waals surface area contributed by atoms with Crippen LogP contribution in [-0.2, 0) is 17.8 Å². The summed E-state index contributed by atoms with van der Waals surface area (Å²) in [5, 5.41) is 15.5. The van der Waals surface area contributed by atoms with Crippen LogP contribution < -0.4 is 14.8 Å². The highest BCUT2D eigenvalue weighted by atomic mass is 16.5. The lowest BCUT2D eigenvalue weighted by Gasteiger charge is -2.23. The Hall–Kier alpha value is -3.42. The molecule has 3 aromatic rings. The number of methoxy groups -OCH3 is 2. The van der Waals surface area contributed by atoms with Crippen molar-refractivity contribution in [2.75, 3.05) is 14.2 Å². The fourth-order valence-electron chi connectivity index (χ4n) is 3.34. The second kappa shape index (κ2) is 10.1. The summed E-state index contributed by atoms with van der Waals surface area (Å²) in [6.07, 6.45) is 0.985. The molecule has 31 heavy (non-hydrogen) atoms. The van der Waals surface area contributed by atoms with E-state index in [0.717, 1.165) is 17.5 Å². The van der Waals surface area contributed by atoms with Crippen molar-refractivity contribution in [2.45, 2.75) is 39.8 Å². The van der Waals surface area contributed by atoms with Crippen molar-refractivity contribution in [2.24, 2.45) is 5.92 Å². The van der Waals surface area contributed by atoms with Crippen LogP contribution in [0.15, 0.2) is 42.5 Å². The van der Waals surface area contributed by atoms with Gasteiger partial charge in [0.1, 0.15) is 6.54 Å². The Labute approximate surface area is 182 Å². The normalized spacial score (nSPS) is 11.9. The molecule has 0 spiro atoms. The molecule has 1 N–H and O–H groups in total. The molecule has 0 aliphatic carbocycles. The largest absolute Gasteiger partial charge is 0.493 e. The number of carbonyl (C=O) groups is 1. The first kappa shape index (κ1) is 22.3. The van der Waals surface area contributed by atoms with Crippen LogP contribution in [0.5, 0.6) is 11.5 Å². The minimum Gasteiger partial charge on any atom is -0.493 e. The summed E-state index contributed by atoms with van der Waals surface area (Å²) in [6, 6.07) is 13.6. The highest BCUT2D eigenvalue weighted by molar-refractivity contribution is 5.76. The van der Waals surface area contributed by atoms with Crippen molar-refractivity contribution in [3.63, 3.8) is 0 Å². The molecule has 0 fully saturated rings. The number of amides is 1. The average Bonchev–Trinajstić information content (AvgIpc) is 3.25. The van der Waals surface area contributed by atoms with Crippen molar-refractivity contribution in [1.82, 2.24) is 25.5 Å². The molecule has 0 aliphatic heterocycles. The van der Waals surface area contributed by atoms with Gasteiger partial charge < -0.3 is 14.8 Å². The lowest BCUT2D eigenvalue weighted by Crippen LogP contribution is -2.34. The Balaban J connectivity index is 1.69. The predicted molar refractivity (Wildman–Crippen MR) is 118 cm³/mol. The van der Waals surface area contributed by atoms with Crippen molar-refractivity contribution in [3.8, 4) is 22.9 Å². The lowest BCUT2D eigenvalue weighted by molar-refractivity contribution is -0.123. The van der Waals surface area contributed by atoms with Gasteiger partial charge in [-0.15, -0.1) is 10.2 Å². The number of nitrogens with one attached hydrogen (secondary N) is 1. The standard InChI is InChI=1S/C23H29N5O3/c1-6-16-7-9-17(10-8-16)22(15(2)3)24-21(29)14-28-26-23(25-27-28)18-11-12-19(30-4)20(13-18)31-5/h7-13,15,22H,6,14H2,1-5H3,(H,24,29)/t22-/m1/s1. The molecule has 2 aromatic carbocycles. The molecule has 0 bridgehead atoms. The topological polar surface area (TPSA) is 91.2 Å². The zero-order chi connectivity index (χ0) is 22.4. The number of hydrogen-bond donors (Lipinski definition) is 1. The highest BCUT2D eigenvalue weighted by Gasteiger charge is 2.19. The maximum atomic E-state index is 12.7. The maximum absolute atomic E-state index is 12.7. The van der Waals surface area contributed by atoms with Gasteiger partial charge in [0, 0.05) is 5.56 Å². The van der Waals surface area contributed by atoms with Gasteiger partial charge in [-0.05, 0) is 46.9 Å². The molecular weight excluding hydrogens is 394 g/mol. The third kappa shape index (κ3) is 5.39. The average molecular weight is 424 g/mol. The quantitative estimate of drug-likeness (QED) is 0.567. The Morgan fingerprint density at radius 1 is 1.06 bits per heavy atom. The van der Waals surface area contributed by atoms with E-state index in [-0.39, 0.29) is 24.4 Å². The van der Waals surface area contributed by atoms with Crippen molar-refractivity contribution >= 4 is 5.91 Å². The van der Waals surface area contributed by atoms with Crippen LogP contribution in [0.25, 0.3) is 11.4 Å². The van der Waals surface area contributed by atoms with E-state index in [2.05, 4.69) is 65.8 Å².